The van der Waals surface area contributed by atoms with Gasteiger partial charge in [-0.2, -0.15) is 0 Å². The van der Waals surface area contributed by atoms with E-state index in [-0.39, 0.29) is 22.7 Å². The lowest BCUT2D eigenvalue weighted by Crippen LogP contribution is -2.41. The lowest BCUT2D eigenvalue weighted by Gasteiger charge is -2.27. The van der Waals surface area contributed by atoms with Crippen LogP contribution in [-0.2, 0) is 5.41 Å². The molecular formula is C17H25NO. The van der Waals surface area contributed by atoms with Crippen LogP contribution in [0.3, 0.4) is 0 Å². The highest BCUT2D eigenvalue weighted by atomic mass is 16.1. The summed E-state index contributed by atoms with van der Waals surface area (Å²) in [5.74, 6) is 0.206. The molecule has 0 saturated heterocycles. The smallest absolute Gasteiger partial charge is 0.170 e. The largest absolute Gasteiger partial charge is 0.327 e. The van der Waals surface area contributed by atoms with E-state index in [1.54, 1.807) is 0 Å². The van der Waals surface area contributed by atoms with Crippen LogP contribution < -0.4 is 5.73 Å². The van der Waals surface area contributed by atoms with Gasteiger partial charge in [-0.1, -0.05) is 58.4 Å². The maximum Gasteiger partial charge on any atom is 0.170 e. The fraction of sp³-hybridized carbons (Fsp3) is 0.588. The van der Waals surface area contributed by atoms with Gasteiger partial charge >= 0.3 is 0 Å². The van der Waals surface area contributed by atoms with Crippen LogP contribution in [0.4, 0.5) is 0 Å². The number of nitrogens with two attached hydrogens (primary N) is 1. The van der Waals surface area contributed by atoms with Crippen LogP contribution >= 0.6 is 0 Å². The fourth-order valence-electron chi connectivity index (χ4n) is 2.93. The van der Waals surface area contributed by atoms with E-state index in [0.29, 0.717) is 0 Å². The minimum Gasteiger partial charge on any atom is -0.327 e. The first kappa shape index (κ1) is 14.3. The molecule has 2 rings (SSSR count). The molecule has 1 aromatic rings. The van der Waals surface area contributed by atoms with E-state index < -0.39 is 0 Å². The molecule has 0 aromatic heterocycles. The molecule has 0 spiro atoms. The van der Waals surface area contributed by atoms with Gasteiger partial charge in [-0.15, -0.1) is 0 Å². The molecule has 1 aliphatic carbocycles. The third-order valence-electron chi connectivity index (χ3n) is 4.56. The Hall–Kier alpha value is -1.15. The second-order valence-electron chi connectivity index (χ2n) is 7.07. The summed E-state index contributed by atoms with van der Waals surface area (Å²) in [5, 5.41) is 0. The Morgan fingerprint density at radius 3 is 2.26 bits per heavy atom. The molecule has 104 valence electrons. The summed E-state index contributed by atoms with van der Waals surface area (Å²) >= 11 is 0. The SMILES string of the molecule is CC(C)(C)c1ccc(C(=O)C2(C)CCCC2N)cc1. The number of hydrogen-bond acceptors (Lipinski definition) is 2. The van der Waals surface area contributed by atoms with E-state index in [1.807, 2.05) is 19.1 Å². The molecule has 2 N–H and O–H groups in total. The van der Waals surface area contributed by atoms with Crippen molar-refractivity contribution in [2.24, 2.45) is 11.1 Å². The van der Waals surface area contributed by atoms with Gasteiger partial charge in [-0.25, -0.2) is 0 Å². The molecule has 2 nitrogen and oxygen atoms in total. The number of Topliss-reactive ketones (excluding diaryl/α,β-unsaturated/α-hetero) is 1. The Bertz CT molecular complexity index is 469. The number of carbonyl (C=O) groups is 1. The first-order valence-corrected chi connectivity index (χ1v) is 7.16. The van der Waals surface area contributed by atoms with Crippen LogP contribution in [0.25, 0.3) is 0 Å². The van der Waals surface area contributed by atoms with Gasteiger partial charge in [0.25, 0.3) is 0 Å². The predicted molar refractivity (Wildman–Crippen MR) is 79.4 cm³/mol. The van der Waals surface area contributed by atoms with E-state index in [1.165, 1.54) is 5.56 Å². The summed E-state index contributed by atoms with van der Waals surface area (Å²) in [6.07, 6.45) is 2.93. The van der Waals surface area contributed by atoms with Crippen molar-refractivity contribution in [1.82, 2.24) is 0 Å². The second-order valence-corrected chi connectivity index (χ2v) is 7.07. The first-order valence-electron chi connectivity index (χ1n) is 7.16. The Labute approximate surface area is 116 Å². The van der Waals surface area contributed by atoms with Crippen LogP contribution in [0.15, 0.2) is 24.3 Å². The Balaban J connectivity index is 2.26. The maximum atomic E-state index is 12.7. The monoisotopic (exact) mass is 259 g/mol. The van der Waals surface area contributed by atoms with Crippen molar-refractivity contribution < 1.29 is 4.79 Å². The highest BCUT2D eigenvalue weighted by Crippen LogP contribution is 2.39. The molecule has 1 aromatic carbocycles. The molecule has 2 atom stereocenters. The van der Waals surface area contributed by atoms with Gasteiger partial charge in [0.15, 0.2) is 5.78 Å². The van der Waals surface area contributed by atoms with Crippen molar-refractivity contribution in [3.05, 3.63) is 35.4 Å². The lowest BCUT2D eigenvalue weighted by molar-refractivity contribution is 0.0802. The van der Waals surface area contributed by atoms with E-state index >= 15 is 0 Å². The summed E-state index contributed by atoms with van der Waals surface area (Å²) in [5.41, 5.74) is 7.93. The number of hydrogen-bond donors (Lipinski definition) is 1. The molecule has 0 bridgehead atoms. The summed E-state index contributed by atoms with van der Waals surface area (Å²) in [4.78, 5) is 12.7. The average Bonchev–Trinajstić information content (AvgIpc) is 2.69. The minimum absolute atomic E-state index is 0.00212. The Morgan fingerprint density at radius 2 is 1.84 bits per heavy atom. The summed E-state index contributed by atoms with van der Waals surface area (Å²) in [6.45, 7) is 8.55. The molecule has 1 saturated carbocycles. The van der Waals surface area contributed by atoms with Crippen molar-refractivity contribution >= 4 is 5.78 Å². The number of ketones is 1. The Morgan fingerprint density at radius 1 is 1.26 bits per heavy atom. The van der Waals surface area contributed by atoms with E-state index in [0.717, 1.165) is 24.8 Å². The van der Waals surface area contributed by atoms with Gasteiger partial charge in [0.05, 0.1) is 0 Å². The number of rotatable bonds is 2. The van der Waals surface area contributed by atoms with E-state index in [2.05, 4.69) is 32.9 Å². The fourth-order valence-corrected chi connectivity index (χ4v) is 2.93. The average molecular weight is 259 g/mol. The molecule has 2 unspecified atom stereocenters. The third-order valence-corrected chi connectivity index (χ3v) is 4.56. The Kier molecular flexibility index (Phi) is 3.57. The topological polar surface area (TPSA) is 43.1 Å². The van der Waals surface area contributed by atoms with Crippen LogP contribution in [0.2, 0.25) is 0 Å². The highest BCUT2D eigenvalue weighted by molar-refractivity contribution is 6.01. The quantitative estimate of drug-likeness (QED) is 0.823. The zero-order valence-corrected chi connectivity index (χ0v) is 12.5. The molecule has 2 heteroatoms. The lowest BCUT2D eigenvalue weighted by atomic mass is 9.77. The summed E-state index contributed by atoms with van der Waals surface area (Å²) in [6, 6.07) is 8.05. The zero-order valence-electron chi connectivity index (χ0n) is 12.5. The molecule has 19 heavy (non-hydrogen) atoms. The molecule has 1 fully saturated rings. The normalized spacial score (nSPS) is 27.5. The molecule has 0 heterocycles. The standard InChI is InChI=1S/C17H25NO/c1-16(2,3)13-9-7-12(8-10-13)15(19)17(4)11-5-6-14(17)18/h7-10,14H,5-6,11,18H2,1-4H3. The number of benzene rings is 1. The molecular weight excluding hydrogens is 234 g/mol. The van der Waals surface area contributed by atoms with Crippen molar-refractivity contribution in [1.29, 1.82) is 0 Å². The van der Waals surface area contributed by atoms with Crippen LogP contribution in [0.1, 0.15) is 62.9 Å². The van der Waals surface area contributed by atoms with Gasteiger partial charge in [-0.3, -0.25) is 4.79 Å². The zero-order chi connectivity index (χ0) is 14.3. The van der Waals surface area contributed by atoms with Gasteiger partial charge in [-0.05, 0) is 23.8 Å². The first-order chi connectivity index (χ1) is 8.75. The van der Waals surface area contributed by atoms with E-state index in [4.69, 9.17) is 5.73 Å². The van der Waals surface area contributed by atoms with Crippen molar-refractivity contribution in [2.45, 2.75) is 58.4 Å². The minimum atomic E-state index is -0.372. The predicted octanol–water partition coefficient (Wildman–Crippen LogP) is 3.68. The third kappa shape index (κ3) is 2.59. The molecule has 1 aliphatic rings. The van der Waals surface area contributed by atoms with Gasteiger partial charge in [0.1, 0.15) is 0 Å². The van der Waals surface area contributed by atoms with Gasteiger partial charge in [0.2, 0.25) is 0 Å². The van der Waals surface area contributed by atoms with Crippen molar-refractivity contribution in [3.63, 3.8) is 0 Å². The van der Waals surface area contributed by atoms with Gasteiger partial charge in [0, 0.05) is 17.0 Å². The maximum absolute atomic E-state index is 12.7. The molecule has 0 radical (unpaired) electrons. The second kappa shape index (κ2) is 4.75. The summed E-state index contributed by atoms with van der Waals surface area (Å²) < 4.78 is 0. The molecule has 0 amide bonds. The number of carbonyl (C=O) groups excluding carboxylic acids is 1. The van der Waals surface area contributed by atoms with Crippen LogP contribution in [-0.4, -0.2) is 11.8 Å². The van der Waals surface area contributed by atoms with Crippen molar-refractivity contribution in [2.75, 3.05) is 0 Å². The van der Waals surface area contributed by atoms with Crippen molar-refractivity contribution in [3.8, 4) is 0 Å². The summed E-state index contributed by atoms with van der Waals surface area (Å²) in [7, 11) is 0. The van der Waals surface area contributed by atoms with E-state index in [9.17, 15) is 4.79 Å². The van der Waals surface area contributed by atoms with Gasteiger partial charge < -0.3 is 5.73 Å². The highest BCUT2D eigenvalue weighted by Gasteiger charge is 2.43. The van der Waals surface area contributed by atoms with Crippen LogP contribution in [0.5, 0.6) is 0 Å². The molecule has 0 aliphatic heterocycles. The van der Waals surface area contributed by atoms with Crippen LogP contribution in [0, 0.1) is 5.41 Å².